The number of nitrogens with zero attached hydrogens (tertiary/aromatic N) is 1. The van der Waals surface area contributed by atoms with Crippen LogP contribution < -0.4 is 5.32 Å². The van der Waals surface area contributed by atoms with Gasteiger partial charge in [-0.3, -0.25) is 4.79 Å². The number of rotatable bonds is 2. The standard InChI is InChI=1S/C14H17FN2O3/c1-9-7-17(8-10(9)13(18)20-2)14(19)16-12-6-4-3-5-11(12)15/h3-6,9-10H,7-8H2,1-2H3,(H,16,19). The average Bonchev–Trinajstić information content (AvgIpc) is 2.82. The topological polar surface area (TPSA) is 58.6 Å². The summed E-state index contributed by atoms with van der Waals surface area (Å²) in [7, 11) is 1.33. The molecule has 5 nitrogen and oxygen atoms in total. The van der Waals surface area contributed by atoms with Gasteiger partial charge in [0.15, 0.2) is 0 Å². The average molecular weight is 280 g/mol. The van der Waals surface area contributed by atoms with E-state index in [0.29, 0.717) is 6.54 Å². The molecule has 2 amide bonds. The maximum Gasteiger partial charge on any atom is 0.321 e. The number of halogens is 1. The van der Waals surface area contributed by atoms with Gasteiger partial charge in [0.1, 0.15) is 5.82 Å². The van der Waals surface area contributed by atoms with Crippen LogP contribution in [-0.2, 0) is 9.53 Å². The molecule has 1 saturated heterocycles. The summed E-state index contributed by atoms with van der Waals surface area (Å²) in [6, 6.07) is 5.55. The van der Waals surface area contributed by atoms with Gasteiger partial charge in [0.25, 0.3) is 0 Å². The van der Waals surface area contributed by atoms with Crippen LogP contribution in [0.25, 0.3) is 0 Å². The number of anilines is 1. The number of likely N-dealkylation sites (tertiary alicyclic amines) is 1. The summed E-state index contributed by atoms with van der Waals surface area (Å²) in [5.74, 6) is -1.11. The number of urea groups is 1. The van der Waals surface area contributed by atoms with E-state index in [-0.39, 0.29) is 30.0 Å². The normalized spacial score (nSPS) is 21.6. The number of esters is 1. The number of benzene rings is 1. The third-order valence-corrected chi connectivity index (χ3v) is 3.52. The number of hydrogen-bond donors (Lipinski definition) is 1. The van der Waals surface area contributed by atoms with Crippen molar-refractivity contribution >= 4 is 17.7 Å². The van der Waals surface area contributed by atoms with Crippen LogP contribution in [-0.4, -0.2) is 37.1 Å². The third kappa shape index (κ3) is 2.89. The highest BCUT2D eigenvalue weighted by Crippen LogP contribution is 2.25. The molecule has 20 heavy (non-hydrogen) atoms. The van der Waals surface area contributed by atoms with Gasteiger partial charge >= 0.3 is 12.0 Å². The molecule has 1 aromatic rings. The molecule has 2 rings (SSSR count). The zero-order chi connectivity index (χ0) is 14.7. The van der Waals surface area contributed by atoms with E-state index in [4.69, 9.17) is 4.74 Å². The van der Waals surface area contributed by atoms with Crippen molar-refractivity contribution in [3.05, 3.63) is 30.1 Å². The van der Waals surface area contributed by atoms with Gasteiger partial charge in [0.2, 0.25) is 0 Å². The Morgan fingerprint density at radius 1 is 1.35 bits per heavy atom. The monoisotopic (exact) mass is 280 g/mol. The lowest BCUT2D eigenvalue weighted by atomic mass is 9.99. The van der Waals surface area contributed by atoms with Crippen LogP contribution in [0.1, 0.15) is 6.92 Å². The summed E-state index contributed by atoms with van der Waals surface area (Å²) < 4.78 is 18.2. The summed E-state index contributed by atoms with van der Waals surface area (Å²) in [5.41, 5.74) is 0.131. The maximum atomic E-state index is 13.5. The van der Waals surface area contributed by atoms with Crippen molar-refractivity contribution in [2.45, 2.75) is 6.92 Å². The van der Waals surface area contributed by atoms with Gasteiger partial charge in [-0.2, -0.15) is 0 Å². The molecule has 0 saturated carbocycles. The van der Waals surface area contributed by atoms with Crippen LogP contribution in [0, 0.1) is 17.7 Å². The van der Waals surface area contributed by atoms with Crippen LogP contribution >= 0.6 is 0 Å². The highest BCUT2D eigenvalue weighted by molar-refractivity contribution is 5.90. The maximum absolute atomic E-state index is 13.5. The highest BCUT2D eigenvalue weighted by atomic mass is 19.1. The fourth-order valence-corrected chi connectivity index (χ4v) is 2.35. The smallest absolute Gasteiger partial charge is 0.321 e. The minimum absolute atomic E-state index is 0.0221. The van der Waals surface area contributed by atoms with E-state index in [1.54, 1.807) is 12.1 Å². The Hall–Kier alpha value is -2.11. The first-order chi connectivity index (χ1) is 9.52. The molecule has 0 aliphatic carbocycles. The van der Waals surface area contributed by atoms with Crippen LogP contribution in [0.3, 0.4) is 0 Å². The van der Waals surface area contributed by atoms with E-state index >= 15 is 0 Å². The molecule has 1 heterocycles. The molecule has 2 atom stereocenters. The first-order valence-corrected chi connectivity index (χ1v) is 6.41. The Kier molecular flexibility index (Phi) is 4.22. The molecule has 1 fully saturated rings. The fraction of sp³-hybridized carbons (Fsp3) is 0.429. The number of nitrogens with one attached hydrogen (secondary N) is 1. The second kappa shape index (κ2) is 5.90. The summed E-state index contributed by atoms with van der Waals surface area (Å²) in [6.45, 7) is 2.62. The van der Waals surface area contributed by atoms with Gasteiger partial charge in [0.05, 0.1) is 18.7 Å². The van der Waals surface area contributed by atoms with Gasteiger partial charge in [-0.05, 0) is 18.1 Å². The van der Waals surface area contributed by atoms with Crippen molar-refractivity contribution in [2.75, 3.05) is 25.5 Å². The second-order valence-corrected chi connectivity index (χ2v) is 4.92. The molecule has 0 aromatic heterocycles. The molecule has 1 aliphatic rings. The Morgan fingerprint density at radius 2 is 2.05 bits per heavy atom. The molecule has 0 spiro atoms. The van der Waals surface area contributed by atoms with E-state index in [0.717, 1.165) is 0 Å². The van der Waals surface area contributed by atoms with Gasteiger partial charge in [-0.1, -0.05) is 19.1 Å². The lowest BCUT2D eigenvalue weighted by Gasteiger charge is -2.17. The third-order valence-electron chi connectivity index (χ3n) is 3.52. The van der Waals surface area contributed by atoms with Gasteiger partial charge in [-0.15, -0.1) is 0 Å². The summed E-state index contributed by atoms with van der Waals surface area (Å²) in [5, 5.41) is 2.51. The molecule has 1 aromatic carbocycles. The molecule has 108 valence electrons. The molecule has 1 N–H and O–H groups in total. The van der Waals surface area contributed by atoms with Gasteiger partial charge < -0.3 is 15.0 Å². The van der Waals surface area contributed by atoms with Crippen molar-refractivity contribution in [3.63, 3.8) is 0 Å². The Labute approximate surface area is 116 Å². The summed E-state index contributed by atoms with van der Waals surface area (Å²) in [6.07, 6.45) is 0. The fourth-order valence-electron chi connectivity index (χ4n) is 2.35. The molecule has 2 unspecified atom stereocenters. The number of methoxy groups -OCH3 is 1. The van der Waals surface area contributed by atoms with Crippen LogP contribution in [0.4, 0.5) is 14.9 Å². The minimum Gasteiger partial charge on any atom is -0.469 e. The minimum atomic E-state index is -0.488. The van der Waals surface area contributed by atoms with Crippen molar-refractivity contribution < 1.29 is 18.7 Å². The number of para-hydroxylation sites is 1. The molecule has 0 bridgehead atoms. The van der Waals surface area contributed by atoms with Crippen molar-refractivity contribution in [1.29, 1.82) is 0 Å². The van der Waals surface area contributed by atoms with E-state index in [1.807, 2.05) is 6.92 Å². The number of amides is 2. The lowest BCUT2D eigenvalue weighted by Crippen LogP contribution is -2.34. The van der Waals surface area contributed by atoms with E-state index < -0.39 is 11.8 Å². The lowest BCUT2D eigenvalue weighted by molar-refractivity contribution is -0.145. The van der Waals surface area contributed by atoms with E-state index in [1.165, 1.54) is 24.1 Å². The van der Waals surface area contributed by atoms with Crippen molar-refractivity contribution in [3.8, 4) is 0 Å². The zero-order valence-electron chi connectivity index (χ0n) is 11.4. The van der Waals surface area contributed by atoms with Gasteiger partial charge in [-0.25, -0.2) is 9.18 Å². The molecule has 6 heteroatoms. The number of ether oxygens (including phenoxy) is 1. The van der Waals surface area contributed by atoms with Crippen LogP contribution in [0.5, 0.6) is 0 Å². The molecular weight excluding hydrogens is 263 g/mol. The summed E-state index contributed by atoms with van der Waals surface area (Å²) >= 11 is 0. The van der Waals surface area contributed by atoms with E-state index in [2.05, 4.69) is 5.32 Å². The van der Waals surface area contributed by atoms with E-state index in [9.17, 15) is 14.0 Å². The molecule has 1 aliphatic heterocycles. The largest absolute Gasteiger partial charge is 0.469 e. The Morgan fingerprint density at radius 3 is 2.70 bits per heavy atom. The van der Waals surface area contributed by atoms with Gasteiger partial charge in [0, 0.05) is 13.1 Å². The second-order valence-electron chi connectivity index (χ2n) is 4.92. The van der Waals surface area contributed by atoms with Crippen LogP contribution in [0.2, 0.25) is 0 Å². The van der Waals surface area contributed by atoms with Crippen molar-refractivity contribution in [2.24, 2.45) is 11.8 Å². The Bertz CT molecular complexity index is 521. The van der Waals surface area contributed by atoms with Crippen LogP contribution in [0.15, 0.2) is 24.3 Å². The number of carbonyl (C=O) groups excluding carboxylic acids is 2. The van der Waals surface area contributed by atoms with Crippen molar-refractivity contribution in [1.82, 2.24) is 4.90 Å². The predicted molar refractivity (Wildman–Crippen MR) is 71.7 cm³/mol. The zero-order valence-corrected chi connectivity index (χ0v) is 11.4. The Balaban J connectivity index is 2.01. The SMILES string of the molecule is COC(=O)C1CN(C(=O)Nc2ccccc2F)CC1C. The summed E-state index contributed by atoms with van der Waals surface area (Å²) in [4.78, 5) is 25.1. The molecule has 0 radical (unpaired) electrons. The first-order valence-electron chi connectivity index (χ1n) is 6.41. The predicted octanol–water partition coefficient (Wildman–Crippen LogP) is 2.10. The molecular formula is C14H17FN2O3. The quantitative estimate of drug-likeness (QED) is 0.844. The highest BCUT2D eigenvalue weighted by Gasteiger charge is 2.37. The first kappa shape index (κ1) is 14.3. The number of carbonyl (C=O) groups is 2. The number of hydrogen-bond acceptors (Lipinski definition) is 3.